The van der Waals surface area contributed by atoms with Crippen LogP contribution in [0.3, 0.4) is 0 Å². The average molecular weight is 415 g/mol. The van der Waals surface area contributed by atoms with E-state index in [4.69, 9.17) is 4.74 Å². The molecule has 0 radical (unpaired) electrons. The first-order chi connectivity index (χ1) is 14.0. The minimum atomic E-state index is -0.241. The van der Waals surface area contributed by atoms with Gasteiger partial charge in [0.1, 0.15) is 0 Å². The van der Waals surface area contributed by atoms with E-state index in [-0.39, 0.29) is 42.5 Å². The van der Waals surface area contributed by atoms with E-state index in [2.05, 4.69) is 4.98 Å². The van der Waals surface area contributed by atoms with Gasteiger partial charge in [-0.2, -0.15) is 0 Å². The predicted octanol–water partition coefficient (Wildman–Crippen LogP) is 2.37. The Morgan fingerprint density at radius 1 is 1.17 bits per heavy atom. The number of carbonyl (C=O) groups excluding carboxylic acids is 4. The summed E-state index contributed by atoms with van der Waals surface area (Å²) in [6.07, 6.45) is 1.61. The summed E-state index contributed by atoms with van der Waals surface area (Å²) in [6.45, 7) is 3.16. The van der Waals surface area contributed by atoms with Gasteiger partial charge in [0.25, 0.3) is 5.91 Å². The summed E-state index contributed by atoms with van der Waals surface area (Å²) in [6, 6.07) is 5.19. The fourth-order valence-corrected chi connectivity index (χ4v) is 4.73. The molecule has 0 unspecified atom stereocenters. The van der Waals surface area contributed by atoms with E-state index in [0.717, 1.165) is 9.60 Å². The molecule has 3 amide bonds. The lowest BCUT2D eigenvalue weighted by Gasteiger charge is -2.30. The van der Waals surface area contributed by atoms with Crippen LogP contribution >= 0.6 is 11.3 Å². The Balaban J connectivity index is 1.48. The Morgan fingerprint density at radius 3 is 2.52 bits per heavy atom. The van der Waals surface area contributed by atoms with Crippen molar-refractivity contribution in [3.05, 3.63) is 23.8 Å². The molecule has 2 saturated heterocycles. The summed E-state index contributed by atoms with van der Waals surface area (Å²) in [5.41, 5.74) is 1.18. The molecule has 0 atom stereocenters. The topological polar surface area (TPSA) is 96.9 Å². The Morgan fingerprint density at radius 2 is 1.86 bits per heavy atom. The lowest BCUT2D eigenvalue weighted by Crippen LogP contribution is -2.40. The van der Waals surface area contributed by atoms with Crippen molar-refractivity contribution in [3.8, 4) is 0 Å². The molecule has 0 N–H and O–H groups in total. The third-order valence-corrected chi connectivity index (χ3v) is 6.27. The van der Waals surface area contributed by atoms with E-state index < -0.39 is 0 Å². The number of carbonyl (C=O) groups is 4. The average Bonchev–Trinajstić information content (AvgIpc) is 3.29. The molecular weight excluding hydrogens is 394 g/mol. The number of benzene rings is 1. The number of aromatic nitrogens is 1. The van der Waals surface area contributed by atoms with Gasteiger partial charge in [0.2, 0.25) is 11.8 Å². The normalized spacial score (nSPS) is 18.0. The van der Waals surface area contributed by atoms with Gasteiger partial charge < -0.3 is 9.64 Å². The number of likely N-dealkylation sites (tertiary alicyclic amines) is 1. The SMILES string of the molecule is CCOC(=O)C1CCN(C(=O)c2ccc3nc(N4C(=O)CCC4=O)sc3c2)CC1. The number of hydrogen-bond acceptors (Lipinski definition) is 7. The standard InChI is InChI=1S/C20H21N3O5S/c1-2-28-19(27)12-7-9-22(10-8-12)18(26)13-3-4-14-15(11-13)29-20(21-14)23-16(24)5-6-17(23)25/h3-4,11-12H,2,5-10H2,1H3. The molecule has 8 nitrogen and oxygen atoms in total. The van der Waals surface area contributed by atoms with Gasteiger partial charge in [-0.05, 0) is 38.0 Å². The fraction of sp³-hybridized carbons (Fsp3) is 0.450. The first-order valence-corrected chi connectivity index (χ1v) is 10.5. The summed E-state index contributed by atoms with van der Waals surface area (Å²) in [5, 5.41) is 0.354. The molecule has 0 saturated carbocycles. The fourth-order valence-electron chi connectivity index (χ4n) is 3.69. The quantitative estimate of drug-likeness (QED) is 0.562. The molecule has 2 aromatic rings. The second kappa shape index (κ2) is 7.90. The maximum Gasteiger partial charge on any atom is 0.309 e. The van der Waals surface area contributed by atoms with Gasteiger partial charge in [-0.1, -0.05) is 11.3 Å². The van der Waals surface area contributed by atoms with Crippen LogP contribution in [0.25, 0.3) is 10.2 Å². The van der Waals surface area contributed by atoms with Crippen LogP contribution in [0.15, 0.2) is 18.2 Å². The summed E-state index contributed by atoms with van der Waals surface area (Å²) in [5.74, 6) is -0.924. The monoisotopic (exact) mass is 415 g/mol. The summed E-state index contributed by atoms with van der Waals surface area (Å²) in [7, 11) is 0. The maximum atomic E-state index is 12.9. The number of amides is 3. The zero-order valence-corrected chi connectivity index (χ0v) is 16.9. The number of hydrogen-bond donors (Lipinski definition) is 0. The van der Waals surface area contributed by atoms with Gasteiger partial charge in [0, 0.05) is 31.5 Å². The van der Waals surface area contributed by atoms with Gasteiger partial charge in [0.15, 0.2) is 5.13 Å². The van der Waals surface area contributed by atoms with Crippen molar-refractivity contribution in [2.24, 2.45) is 5.92 Å². The second-order valence-corrected chi connectivity index (χ2v) is 8.13. The zero-order chi connectivity index (χ0) is 20.5. The Bertz CT molecular complexity index is 977. The molecule has 0 bridgehead atoms. The van der Waals surface area contributed by atoms with E-state index in [1.807, 2.05) is 0 Å². The third kappa shape index (κ3) is 3.74. The molecule has 2 aliphatic rings. The molecule has 9 heteroatoms. The van der Waals surface area contributed by atoms with Crippen LogP contribution in [0.5, 0.6) is 0 Å². The van der Waals surface area contributed by atoms with Crippen molar-refractivity contribution in [3.63, 3.8) is 0 Å². The Labute approximate surface area is 171 Å². The molecule has 0 spiro atoms. The number of nitrogens with zero attached hydrogens (tertiary/aromatic N) is 3. The molecule has 3 heterocycles. The minimum absolute atomic E-state index is 0.0996. The van der Waals surface area contributed by atoms with Gasteiger partial charge in [-0.25, -0.2) is 9.88 Å². The third-order valence-electron chi connectivity index (χ3n) is 5.27. The molecule has 152 valence electrons. The number of piperidine rings is 1. The van der Waals surface area contributed by atoms with E-state index in [1.54, 1.807) is 30.0 Å². The number of esters is 1. The van der Waals surface area contributed by atoms with Gasteiger partial charge in [-0.3, -0.25) is 19.2 Å². The zero-order valence-electron chi connectivity index (χ0n) is 16.1. The van der Waals surface area contributed by atoms with Crippen molar-refractivity contribution >= 4 is 50.4 Å². The largest absolute Gasteiger partial charge is 0.466 e. The first kappa shape index (κ1) is 19.5. The maximum absolute atomic E-state index is 12.9. The summed E-state index contributed by atoms with van der Waals surface area (Å²) in [4.78, 5) is 55.9. The van der Waals surface area contributed by atoms with Crippen LogP contribution in [0.2, 0.25) is 0 Å². The summed E-state index contributed by atoms with van der Waals surface area (Å²) >= 11 is 1.23. The highest BCUT2D eigenvalue weighted by molar-refractivity contribution is 7.22. The van der Waals surface area contributed by atoms with E-state index in [0.29, 0.717) is 48.7 Å². The van der Waals surface area contributed by atoms with Crippen molar-refractivity contribution in [2.75, 3.05) is 24.6 Å². The van der Waals surface area contributed by atoms with E-state index in [9.17, 15) is 19.2 Å². The number of ether oxygens (including phenoxy) is 1. The van der Waals surface area contributed by atoms with Crippen LogP contribution in [0, 0.1) is 5.92 Å². The van der Waals surface area contributed by atoms with Gasteiger partial charge in [0.05, 0.1) is 22.7 Å². The molecule has 2 fully saturated rings. The predicted molar refractivity (Wildman–Crippen MR) is 107 cm³/mol. The Hall–Kier alpha value is -2.81. The van der Waals surface area contributed by atoms with Crippen molar-refractivity contribution in [2.45, 2.75) is 32.6 Å². The molecule has 1 aromatic heterocycles. The van der Waals surface area contributed by atoms with Crippen LogP contribution in [-0.4, -0.2) is 53.3 Å². The van der Waals surface area contributed by atoms with Crippen LogP contribution < -0.4 is 4.90 Å². The first-order valence-electron chi connectivity index (χ1n) is 9.70. The summed E-state index contributed by atoms with van der Waals surface area (Å²) < 4.78 is 5.82. The highest BCUT2D eigenvalue weighted by atomic mass is 32.1. The number of thiazole rings is 1. The number of rotatable bonds is 4. The van der Waals surface area contributed by atoms with Crippen molar-refractivity contribution in [1.29, 1.82) is 0 Å². The van der Waals surface area contributed by atoms with Crippen molar-refractivity contribution < 1.29 is 23.9 Å². The molecular formula is C20H21N3O5S. The van der Waals surface area contributed by atoms with Crippen LogP contribution in [0.4, 0.5) is 5.13 Å². The van der Waals surface area contributed by atoms with Gasteiger partial charge >= 0.3 is 5.97 Å². The smallest absolute Gasteiger partial charge is 0.309 e. The molecule has 2 aliphatic heterocycles. The lowest BCUT2D eigenvalue weighted by atomic mass is 9.96. The highest BCUT2D eigenvalue weighted by Gasteiger charge is 2.33. The molecule has 1 aromatic carbocycles. The lowest BCUT2D eigenvalue weighted by molar-refractivity contribution is -0.149. The second-order valence-electron chi connectivity index (χ2n) is 7.12. The number of fused-ring (bicyclic) bond motifs is 1. The van der Waals surface area contributed by atoms with E-state index >= 15 is 0 Å². The van der Waals surface area contributed by atoms with E-state index in [1.165, 1.54) is 11.3 Å². The van der Waals surface area contributed by atoms with Crippen molar-refractivity contribution in [1.82, 2.24) is 9.88 Å². The van der Waals surface area contributed by atoms with Crippen LogP contribution in [-0.2, 0) is 19.1 Å². The number of anilines is 1. The van der Waals surface area contributed by atoms with Crippen LogP contribution in [0.1, 0.15) is 43.0 Å². The minimum Gasteiger partial charge on any atom is -0.466 e. The van der Waals surface area contributed by atoms with Gasteiger partial charge in [-0.15, -0.1) is 0 Å². The Kier molecular flexibility index (Phi) is 5.31. The molecule has 0 aliphatic carbocycles. The molecule has 4 rings (SSSR count). The molecule has 29 heavy (non-hydrogen) atoms. The highest BCUT2D eigenvalue weighted by Crippen LogP contribution is 2.33. The number of imide groups is 1.